The lowest BCUT2D eigenvalue weighted by atomic mass is 10.1. The lowest BCUT2D eigenvalue weighted by Crippen LogP contribution is -2.46. The molecule has 2 rings (SSSR count). The van der Waals surface area contributed by atoms with E-state index in [1.54, 1.807) is 0 Å². The van der Waals surface area contributed by atoms with Crippen LogP contribution in [0.25, 0.3) is 0 Å². The van der Waals surface area contributed by atoms with E-state index in [9.17, 15) is 10.1 Å². The first-order chi connectivity index (χ1) is 8.58. The van der Waals surface area contributed by atoms with Gasteiger partial charge in [0.1, 0.15) is 0 Å². The second kappa shape index (κ2) is 5.53. The van der Waals surface area contributed by atoms with E-state index in [0.717, 1.165) is 26.2 Å². The number of nitrogens with one attached hydrogen (secondary N) is 1. The predicted molar refractivity (Wildman–Crippen MR) is 66.2 cm³/mol. The number of hydrogen-bond donors (Lipinski definition) is 1. The smallest absolute Gasteiger partial charge is 0.299 e. The van der Waals surface area contributed by atoms with Crippen molar-refractivity contribution in [3.05, 3.63) is 21.6 Å². The minimum atomic E-state index is -0.292. The normalized spacial score (nSPS) is 25.7. The molecule has 1 atom stereocenters. The second-order valence-corrected chi connectivity index (χ2v) is 5.02. The zero-order valence-electron chi connectivity index (χ0n) is 10.9. The Morgan fingerprint density at radius 1 is 1.56 bits per heavy atom. The molecule has 0 aromatic rings. The Bertz CT molecular complexity index is 352. The summed E-state index contributed by atoms with van der Waals surface area (Å²) in [6.45, 7) is 3.35. The van der Waals surface area contributed by atoms with E-state index in [1.165, 1.54) is 0 Å². The van der Waals surface area contributed by atoms with Gasteiger partial charge in [0.15, 0.2) is 5.82 Å². The Kier molecular flexibility index (Phi) is 4.03. The lowest BCUT2D eigenvalue weighted by molar-refractivity contribution is -0.432. The van der Waals surface area contributed by atoms with Gasteiger partial charge < -0.3 is 15.0 Å². The summed E-state index contributed by atoms with van der Waals surface area (Å²) in [7, 11) is 3.74. The van der Waals surface area contributed by atoms with Gasteiger partial charge in [-0.1, -0.05) is 0 Å². The summed E-state index contributed by atoms with van der Waals surface area (Å²) in [6, 6.07) is 0. The van der Waals surface area contributed by atoms with Gasteiger partial charge in [0, 0.05) is 26.1 Å². The molecule has 7 heteroatoms. The molecule has 1 unspecified atom stereocenters. The maximum Gasteiger partial charge on any atom is 0.299 e. The van der Waals surface area contributed by atoms with E-state index in [4.69, 9.17) is 4.74 Å². The first-order valence-corrected chi connectivity index (χ1v) is 6.16. The van der Waals surface area contributed by atoms with Gasteiger partial charge in [-0.15, -0.1) is 0 Å². The number of rotatable bonds is 4. The van der Waals surface area contributed by atoms with E-state index < -0.39 is 0 Å². The number of likely N-dealkylation sites (N-methyl/N-ethyl adjacent to an activating group) is 1. The molecule has 1 fully saturated rings. The fraction of sp³-hybridized carbons (Fsp3) is 0.818. The third kappa shape index (κ3) is 2.91. The van der Waals surface area contributed by atoms with Crippen molar-refractivity contribution >= 4 is 0 Å². The van der Waals surface area contributed by atoms with Gasteiger partial charge >= 0.3 is 0 Å². The van der Waals surface area contributed by atoms with Crippen LogP contribution < -0.4 is 5.32 Å². The van der Waals surface area contributed by atoms with Crippen LogP contribution in [-0.4, -0.2) is 61.8 Å². The van der Waals surface area contributed by atoms with Crippen LogP contribution in [0.4, 0.5) is 0 Å². The minimum absolute atomic E-state index is 0.241. The van der Waals surface area contributed by atoms with Gasteiger partial charge in [0.25, 0.3) is 5.70 Å². The van der Waals surface area contributed by atoms with E-state index in [-0.39, 0.29) is 10.6 Å². The first kappa shape index (κ1) is 13.1. The highest BCUT2D eigenvalue weighted by Crippen LogP contribution is 2.17. The van der Waals surface area contributed by atoms with Crippen molar-refractivity contribution < 1.29 is 9.66 Å². The molecule has 0 aromatic heterocycles. The molecule has 102 valence electrons. The molecule has 0 spiro atoms. The largest absolute Gasteiger partial charge is 0.381 e. The Labute approximate surface area is 107 Å². The van der Waals surface area contributed by atoms with E-state index in [2.05, 4.69) is 5.32 Å². The Hall–Kier alpha value is -1.34. The highest BCUT2D eigenvalue weighted by Gasteiger charge is 2.29. The highest BCUT2D eigenvalue weighted by atomic mass is 16.6. The predicted octanol–water partition coefficient (Wildman–Crippen LogP) is -0.107. The summed E-state index contributed by atoms with van der Waals surface area (Å²) in [4.78, 5) is 14.6. The molecule has 0 amide bonds. The highest BCUT2D eigenvalue weighted by molar-refractivity contribution is 5.09. The molecule has 1 N–H and O–H groups in total. The molecule has 2 aliphatic heterocycles. The lowest BCUT2D eigenvalue weighted by Gasteiger charge is -2.33. The number of ether oxygens (including phenoxy) is 1. The number of nitrogens with zero attached hydrogens (tertiary/aromatic N) is 3. The molecule has 0 radical (unpaired) electrons. The molecule has 0 saturated carbocycles. The SMILES string of the molecule is CN1CC([N+](=O)[O-])=C(NCC2CCOC2)N(C)C1. The van der Waals surface area contributed by atoms with Gasteiger partial charge in [-0.3, -0.25) is 15.0 Å². The van der Waals surface area contributed by atoms with Gasteiger partial charge in [0.05, 0.1) is 24.7 Å². The van der Waals surface area contributed by atoms with Gasteiger partial charge in [-0.25, -0.2) is 0 Å². The van der Waals surface area contributed by atoms with Gasteiger partial charge in [0.2, 0.25) is 0 Å². The summed E-state index contributed by atoms with van der Waals surface area (Å²) in [6.07, 6.45) is 1.03. The molecule has 18 heavy (non-hydrogen) atoms. The molecule has 2 aliphatic rings. The minimum Gasteiger partial charge on any atom is -0.381 e. The Balaban J connectivity index is 2.04. The van der Waals surface area contributed by atoms with Crippen molar-refractivity contribution in [1.82, 2.24) is 15.1 Å². The molecule has 7 nitrogen and oxygen atoms in total. The van der Waals surface area contributed by atoms with Crippen molar-refractivity contribution in [2.24, 2.45) is 5.92 Å². The van der Waals surface area contributed by atoms with Crippen LogP contribution in [0.2, 0.25) is 0 Å². The van der Waals surface area contributed by atoms with E-state index >= 15 is 0 Å². The van der Waals surface area contributed by atoms with Crippen LogP contribution in [0.3, 0.4) is 0 Å². The fourth-order valence-corrected chi connectivity index (χ4v) is 2.40. The topological polar surface area (TPSA) is 70.9 Å². The zero-order valence-corrected chi connectivity index (χ0v) is 10.9. The molecule has 1 saturated heterocycles. The fourth-order valence-electron chi connectivity index (χ4n) is 2.40. The summed E-state index contributed by atoms with van der Waals surface area (Å²) < 4.78 is 5.30. The molecular formula is C11H20N4O3. The molecule has 0 aromatic carbocycles. The monoisotopic (exact) mass is 256 g/mol. The van der Waals surface area contributed by atoms with E-state index in [1.807, 2.05) is 23.9 Å². The van der Waals surface area contributed by atoms with Crippen LogP contribution in [0.5, 0.6) is 0 Å². The van der Waals surface area contributed by atoms with Gasteiger partial charge in [-0.05, 0) is 13.5 Å². The summed E-state index contributed by atoms with van der Waals surface area (Å²) >= 11 is 0. The quantitative estimate of drug-likeness (QED) is 0.559. The van der Waals surface area contributed by atoms with Gasteiger partial charge in [-0.2, -0.15) is 0 Å². The van der Waals surface area contributed by atoms with Crippen LogP contribution >= 0.6 is 0 Å². The average molecular weight is 256 g/mol. The van der Waals surface area contributed by atoms with Crippen molar-refractivity contribution in [1.29, 1.82) is 0 Å². The first-order valence-electron chi connectivity index (χ1n) is 6.16. The zero-order chi connectivity index (χ0) is 13.1. The van der Waals surface area contributed by atoms with E-state index in [0.29, 0.717) is 25.0 Å². The van der Waals surface area contributed by atoms with Crippen molar-refractivity contribution in [2.75, 3.05) is 47.1 Å². The van der Waals surface area contributed by atoms with Crippen LogP contribution in [0, 0.1) is 16.0 Å². The second-order valence-electron chi connectivity index (χ2n) is 5.02. The molecule has 0 aliphatic carbocycles. The van der Waals surface area contributed by atoms with Crippen molar-refractivity contribution in [2.45, 2.75) is 6.42 Å². The maximum atomic E-state index is 11.1. The summed E-state index contributed by atoms with van der Waals surface area (Å²) in [5.74, 6) is 1.10. The maximum absolute atomic E-state index is 11.1. The third-order valence-electron chi connectivity index (χ3n) is 3.33. The van der Waals surface area contributed by atoms with Crippen LogP contribution in [0.15, 0.2) is 11.5 Å². The third-order valence-corrected chi connectivity index (χ3v) is 3.33. The summed E-state index contributed by atoms with van der Waals surface area (Å²) in [5, 5.41) is 14.3. The number of nitro groups is 1. The van der Waals surface area contributed by atoms with Crippen LogP contribution in [0.1, 0.15) is 6.42 Å². The Morgan fingerprint density at radius 2 is 2.33 bits per heavy atom. The molecule has 2 heterocycles. The Morgan fingerprint density at radius 3 is 2.94 bits per heavy atom. The average Bonchev–Trinajstić information content (AvgIpc) is 2.79. The van der Waals surface area contributed by atoms with Crippen molar-refractivity contribution in [3.8, 4) is 0 Å². The number of hydrogen-bond acceptors (Lipinski definition) is 6. The standard InChI is InChI=1S/C11H20N4O3/c1-13-6-10(15(16)17)11(14(2)8-13)12-5-9-3-4-18-7-9/h9,12H,3-8H2,1-2H3. The molecule has 0 bridgehead atoms. The van der Waals surface area contributed by atoms with Crippen LogP contribution in [-0.2, 0) is 4.74 Å². The molecular weight excluding hydrogens is 236 g/mol. The van der Waals surface area contributed by atoms with Crippen molar-refractivity contribution in [3.63, 3.8) is 0 Å². The summed E-state index contributed by atoms with van der Waals surface area (Å²) in [5.41, 5.74) is 0.241.